The van der Waals surface area contributed by atoms with E-state index in [9.17, 15) is 19.2 Å². The molecule has 1 aliphatic carbocycles. The molecule has 2 atom stereocenters. The topological polar surface area (TPSA) is 172 Å². The number of esters is 2. The lowest BCUT2D eigenvalue weighted by Gasteiger charge is -2.30. The standard InChI is InChI=1S/C54H62Br2N4O10/c1-9-13-67-47-33-17-31(45-43(51(61)65-7)29(5)57-53(63)59-45)18-34(47)22-38-26-42(56)28-40(50(38)70-16-12-4)24-36-20-32(46-44(52(62)66-8)30(6)58-54(64)60-46)19-35(48(36)68-14-10-2)23-39-27-41(55)25-37(21-33)49(39)69-15-11-3/h17-20,25-28,45-46H,9-16,21-24H2,1-8H3,(H2,57,59,63)(H2,58,60,64)/t45-,46+. The first-order valence-electron chi connectivity index (χ1n) is 23.9. The summed E-state index contributed by atoms with van der Waals surface area (Å²) in [6.45, 7) is 13.4. The molecule has 3 aliphatic rings. The average Bonchev–Trinajstić information content (AvgIpc) is 3.31. The molecule has 0 saturated heterocycles. The molecule has 16 heteroatoms. The number of fused-ring (bicyclic) bond motifs is 8. The Bertz CT molecular complexity index is 2470. The van der Waals surface area contributed by atoms with Gasteiger partial charge >= 0.3 is 24.0 Å². The molecule has 0 spiro atoms. The second kappa shape index (κ2) is 23.3. The molecule has 0 saturated carbocycles. The number of nitrogens with one attached hydrogen (secondary N) is 4. The highest BCUT2D eigenvalue weighted by molar-refractivity contribution is 9.10. The van der Waals surface area contributed by atoms with Gasteiger partial charge in [0, 0.05) is 68.3 Å². The van der Waals surface area contributed by atoms with Gasteiger partial charge in [0.2, 0.25) is 0 Å². The number of rotatable bonds is 16. The van der Waals surface area contributed by atoms with Crippen LogP contribution in [0, 0.1) is 0 Å². The average molecular weight is 1090 g/mol. The molecule has 0 aromatic heterocycles. The van der Waals surface area contributed by atoms with Crippen LogP contribution in [0.25, 0.3) is 0 Å². The van der Waals surface area contributed by atoms with Crippen molar-refractivity contribution in [3.8, 4) is 23.0 Å². The molecule has 0 radical (unpaired) electrons. The maximum Gasteiger partial charge on any atom is 0.337 e. The van der Waals surface area contributed by atoms with Crippen LogP contribution >= 0.6 is 31.9 Å². The zero-order valence-corrected chi connectivity index (χ0v) is 44.3. The van der Waals surface area contributed by atoms with Crippen molar-refractivity contribution < 1.29 is 47.6 Å². The van der Waals surface area contributed by atoms with Gasteiger partial charge in [-0.3, -0.25) is 0 Å². The van der Waals surface area contributed by atoms with Crippen molar-refractivity contribution in [1.82, 2.24) is 21.3 Å². The third-order valence-electron chi connectivity index (χ3n) is 12.3. The molecule has 14 nitrogen and oxygen atoms in total. The van der Waals surface area contributed by atoms with Crippen molar-refractivity contribution in [2.24, 2.45) is 0 Å². The minimum absolute atomic E-state index is 0.284. The summed E-state index contributed by atoms with van der Waals surface area (Å²) >= 11 is 7.74. The van der Waals surface area contributed by atoms with Crippen LogP contribution in [0.15, 0.2) is 80.0 Å². The van der Waals surface area contributed by atoms with Crippen molar-refractivity contribution in [3.63, 3.8) is 0 Å². The number of halogens is 2. The van der Waals surface area contributed by atoms with Gasteiger partial charge in [-0.05, 0) is 121 Å². The van der Waals surface area contributed by atoms with Gasteiger partial charge in [0.15, 0.2) is 0 Å². The first kappa shape index (κ1) is 51.8. The first-order chi connectivity index (χ1) is 33.7. The zero-order chi connectivity index (χ0) is 50.2. The summed E-state index contributed by atoms with van der Waals surface area (Å²) in [5.41, 5.74) is 9.42. The zero-order valence-electron chi connectivity index (χ0n) is 41.1. The van der Waals surface area contributed by atoms with Crippen LogP contribution in [0.3, 0.4) is 0 Å². The molecule has 4 aromatic rings. The minimum Gasteiger partial charge on any atom is -0.493 e. The van der Waals surface area contributed by atoms with Gasteiger partial charge in [0.25, 0.3) is 0 Å². The van der Waals surface area contributed by atoms with Gasteiger partial charge in [-0.25, -0.2) is 19.2 Å². The van der Waals surface area contributed by atoms with E-state index in [1.165, 1.54) is 14.2 Å². The van der Waals surface area contributed by atoms with Crippen molar-refractivity contribution in [3.05, 3.63) is 136 Å². The highest BCUT2D eigenvalue weighted by Gasteiger charge is 2.36. The summed E-state index contributed by atoms with van der Waals surface area (Å²) in [6.07, 6.45) is 4.32. The van der Waals surface area contributed by atoms with Gasteiger partial charge in [0.05, 0.1) is 63.9 Å². The Hall–Kier alpha value is -6.00. The summed E-state index contributed by atoms with van der Waals surface area (Å²) in [7, 11) is 2.65. The second-order valence-electron chi connectivity index (χ2n) is 17.7. The van der Waals surface area contributed by atoms with Crippen LogP contribution < -0.4 is 40.2 Å². The summed E-state index contributed by atoms with van der Waals surface area (Å²) in [5.74, 6) is 1.60. The Balaban J connectivity index is 1.58. The quantitative estimate of drug-likeness (QED) is 0.0697. The van der Waals surface area contributed by atoms with E-state index in [1.807, 2.05) is 24.3 Å². The van der Waals surface area contributed by atoms with Crippen molar-refractivity contribution in [1.29, 1.82) is 0 Å². The fourth-order valence-electron chi connectivity index (χ4n) is 9.40. The van der Waals surface area contributed by atoms with E-state index >= 15 is 0 Å². The van der Waals surface area contributed by atoms with Crippen LogP contribution in [0.1, 0.15) is 135 Å². The minimum atomic E-state index is -0.851. The molecule has 8 bridgehead atoms. The van der Waals surface area contributed by atoms with E-state index in [4.69, 9.17) is 28.4 Å². The largest absolute Gasteiger partial charge is 0.493 e. The van der Waals surface area contributed by atoms with E-state index in [2.05, 4.69) is 105 Å². The number of urea groups is 2. The number of ether oxygens (including phenoxy) is 6. The molecule has 4 amide bonds. The number of hydrogen-bond donors (Lipinski definition) is 4. The lowest BCUT2D eigenvalue weighted by Crippen LogP contribution is -2.45. The summed E-state index contributed by atoms with van der Waals surface area (Å²) in [4.78, 5) is 53.5. The number of hydrogen-bond acceptors (Lipinski definition) is 10. The fourth-order valence-corrected chi connectivity index (χ4v) is 10.5. The van der Waals surface area contributed by atoms with Gasteiger partial charge in [0.1, 0.15) is 23.0 Å². The molecule has 70 heavy (non-hydrogen) atoms. The van der Waals surface area contributed by atoms with Gasteiger partial charge < -0.3 is 49.7 Å². The molecular weight excluding hydrogens is 1020 g/mol. The lowest BCUT2D eigenvalue weighted by molar-refractivity contribution is -0.137. The molecule has 4 aromatic carbocycles. The van der Waals surface area contributed by atoms with Crippen molar-refractivity contribution in [2.75, 3.05) is 40.6 Å². The van der Waals surface area contributed by atoms with E-state index in [1.54, 1.807) is 13.8 Å². The predicted molar refractivity (Wildman–Crippen MR) is 274 cm³/mol. The van der Waals surface area contributed by atoms with E-state index in [0.29, 0.717) is 97.6 Å². The Kier molecular flexibility index (Phi) is 17.2. The maximum atomic E-state index is 13.5. The normalized spacial score (nSPS) is 16.6. The molecule has 2 aliphatic heterocycles. The Morgan fingerprint density at radius 1 is 0.486 bits per heavy atom. The van der Waals surface area contributed by atoms with E-state index in [-0.39, 0.29) is 11.1 Å². The molecule has 7 rings (SSSR count). The van der Waals surface area contributed by atoms with Gasteiger partial charge in [-0.1, -0.05) is 59.6 Å². The number of methoxy groups -OCH3 is 2. The molecule has 372 valence electrons. The van der Waals surface area contributed by atoms with Crippen molar-refractivity contribution in [2.45, 2.75) is 105 Å². The second-order valence-corrected chi connectivity index (χ2v) is 19.5. The molecule has 0 fully saturated rings. The number of benzene rings is 4. The van der Waals surface area contributed by atoms with Gasteiger partial charge in [-0.15, -0.1) is 0 Å². The smallest absolute Gasteiger partial charge is 0.337 e. The lowest BCUT2D eigenvalue weighted by atomic mass is 9.86. The first-order valence-corrected chi connectivity index (χ1v) is 25.5. The number of amides is 4. The highest BCUT2D eigenvalue weighted by atomic mass is 79.9. The summed E-state index contributed by atoms with van der Waals surface area (Å²) in [6, 6.07) is 13.6. The monoisotopic (exact) mass is 1080 g/mol. The Labute approximate surface area is 426 Å². The molecule has 2 heterocycles. The van der Waals surface area contributed by atoms with Crippen LogP contribution in [0.2, 0.25) is 0 Å². The number of carbonyl (C=O) groups is 4. The molecular formula is C54H62Br2N4O10. The number of allylic oxidation sites excluding steroid dienone is 2. The SMILES string of the molecule is CCCOc1c2cc(Br)cc1Cc1cc([C@H]3NC(=O)NC(C)=C3C(=O)OC)cc(c1OCCC)Cc1cc(Br)cc(c1OCCC)Cc1cc([C@@H]3NC(=O)NC(C)=C3C(=O)OC)cc(c1OCCC)C2. The van der Waals surface area contributed by atoms with Crippen LogP contribution in [-0.2, 0) is 44.7 Å². The van der Waals surface area contributed by atoms with E-state index in [0.717, 1.165) is 79.1 Å². The van der Waals surface area contributed by atoms with E-state index < -0.39 is 36.1 Å². The Morgan fingerprint density at radius 3 is 0.986 bits per heavy atom. The van der Waals surface area contributed by atoms with Crippen LogP contribution in [0.5, 0.6) is 23.0 Å². The van der Waals surface area contributed by atoms with Gasteiger partial charge in [-0.2, -0.15) is 0 Å². The maximum absolute atomic E-state index is 13.5. The third kappa shape index (κ3) is 11.4. The molecule has 0 unspecified atom stereocenters. The van der Waals surface area contributed by atoms with Crippen LogP contribution in [-0.4, -0.2) is 64.6 Å². The molecule has 4 N–H and O–H groups in total. The predicted octanol–water partition coefficient (Wildman–Crippen LogP) is 10.6. The summed E-state index contributed by atoms with van der Waals surface area (Å²) < 4.78 is 39.4. The Morgan fingerprint density at radius 2 is 0.743 bits per heavy atom. The third-order valence-corrected chi connectivity index (χ3v) is 13.2. The number of carbonyl (C=O) groups excluding carboxylic acids is 4. The highest BCUT2D eigenvalue weighted by Crippen LogP contribution is 2.44. The van der Waals surface area contributed by atoms with Crippen molar-refractivity contribution >= 4 is 55.9 Å². The summed E-state index contributed by atoms with van der Waals surface area (Å²) in [5, 5.41) is 11.5. The fraction of sp³-hybridized carbons (Fsp3) is 0.407. The van der Waals surface area contributed by atoms with Crippen LogP contribution in [0.4, 0.5) is 9.59 Å².